The zero-order chi connectivity index (χ0) is 19.5. The lowest BCUT2D eigenvalue weighted by Gasteiger charge is -2.36. The molecule has 0 aliphatic carbocycles. The van der Waals surface area contributed by atoms with Gasteiger partial charge in [0.25, 0.3) is 0 Å². The molecule has 1 aromatic carbocycles. The fourth-order valence-corrected chi connectivity index (χ4v) is 3.29. The average molecular weight is 401 g/mol. The molecule has 0 N–H and O–H groups in total. The molecule has 1 saturated heterocycles. The Morgan fingerprint density at radius 2 is 1.86 bits per heavy atom. The summed E-state index contributed by atoms with van der Waals surface area (Å²) < 4.78 is 5.86. The van der Waals surface area contributed by atoms with Crippen LogP contribution in [-0.4, -0.2) is 56.7 Å². The molecule has 144 valence electrons. The van der Waals surface area contributed by atoms with Crippen LogP contribution in [0.3, 0.4) is 0 Å². The molecule has 9 nitrogen and oxygen atoms in total. The van der Waals surface area contributed by atoms with Gasteiger partial charge in [-0.1, -0.05) is 22.8 Å². The maximum atomic E-state index is 12.7. The maximum absolute atomic E-state index is 12.7. The van der Waals surface area contributed by atoms with Crippen LogP contribution in [0.25, 0.3) is 11.6 Å². The van der Waals surface area contributed by atoms with Crippen molar-refractivity contribution in [3.05, 3.63) is 58.3 Å². The highest BCUT2D eigenvalue weighted by Gasteiger charge is 2.24. The number of halogens is 1. The van der Waals surface area contributed by atoms with Crippen molar-refractivity contribution >= 4 is 23.2 Å². The first-order valence-electron chi connectivity index (χ1n) is 8.74. The van der Waals surface area contributed by atoms with E-state index in [-0.39, 0.29) is 24.1 Å². The van der Waals surface area contributed by atoms with E-state index in [1.54, 1.807) is 11.0 Å². The fraction of sp³-hybridized carbons (Fsp3) is 0.278. The predicted molar refractivity (Wildman–Crippen MR) is 102 cm³/mol. The summed E-state index contributed by atoms with van der Waals surface area (Å²) in [7, 11) is 0. The van der Waals surface area contributed by atoms with Crippen molar-refractivity contribution in [3.63, 3.8) is 0 Å². The molecule has 1 fully saturated rings. The number of amides is 1. The largest absolute Gasteiger partial charge is 0.442 e. The number of benzene rings is 1. The highest BCUT2D eigenvalue weighted by Crippen LogP contribution is 2.21. The topological polar surface area (TPSA) is 97.4 Å². The molecule has 0 spiro atoms. The molecule has 0 atom stereocenters. The van der Waals surface area contributed by atoms with Crippen LogP contribution in [0.5, 0.6) is 0 Å². The van der Waals surface area contributed by atoms with E-state index < -0.39 is 5.76 Å². The van der Waals surface area contributed by atoms with Gasteiger partial charge in [0.15, 0.2) is 5.82 Å². The van der Waals surface area contributed by atoms with Crippen LogP contribution < -0.4 is 10.7 Å². The number of rotatable bonds is 4. The van der Waals surface area contributed by atoms with Gasteiger partial charge in [-0.05, 0) is 24.3 Å². The maximum Gasteiger partial charge on any atom is 0.442 e. The Labute approximate surface area is 165 Å². The van der Waals surface area contributed by atoms with Gasteiger partial charge >= 0.3 is 5.76 Å². The Bertz CT molecular complexity index is 1030. The molecule has 1 aliphatic heterocycles. The van der Waals surface area contributed by atoms with E-state index in [0.717, 1.165) is 10.3 Å². The number of piperazine rings is 1. The molecule has 1 aliphatic rings. The van der Waals surface area contributed by atoms with Crippen LogP contribution >= 0.6 is 11.6 Å². The van der Waals surface area contributed by atoms with E-state index in [2.05, 4.69) is 20.0 Å². The number of nitrogens with zero attached hydrogens (tertiary/aromatic N) is 6. The van der Waals surface area contributed by atoms with E-state index in [0.29, 0.717) is 31.2 Å². The third-order valence-electron chi connectivity index (χ3n) is 4.55. The lowest BCUT2D eigenvalue weighted by atomic mass is 10.2. The van der Waals surface area contributed by atoms with Crippen molar-refractivity contribution in [1.82, 2.24) is 24.6 Å². The molecule has 2 aromatic heterocycles. The number of carbonyl (C=O) groups is 1. The summed E-state index contributed by atoms with van der Waals surface area (Å²) >= 11 is 6.05. The normalized spacial score (nSPS) is 14.3. The minimum atomic E-state index is -0.714. The van der Waals surface area contributed by atoms with Gasteiger partial charge in [0, 0.05) is 49.3 Å². The number of aromatic nitrogens is 4. The van der Waals surface area contributed by atoms with Crippen molar-refractivity contribution in [2.75, 3.05) is 31.1 Å². The summed E-state index contributed by atoms with van der Waals surface area (Å²) in [5, 5.41) is 4.38. The first-order valence-corrected chi connectivity index (χ1v) is 9.12. The van der Waals surface area contributed by atoms with Gasteiger partial charge in [-0.3, -0.25) is 9.32 Å². The molecule has 0 bridgehead atoms. The van der Waals surface area contributed by atoms with Gasteiger partial charge in [-0.2, -0.15) is 0 Å². The zero-order valence-corrected chi connectivity index (χ0v) is 15.6. The van der Waals surface area contributed by atoms with Crippen LogP contribution in [0.2, 0.25) is 5.02 Å². The van der Waals surface area contributed by atoms with Gasteiger partial charge in [0.1, 0.15) is 6.54 Å². The second-order valence-corrected chi connectivity index (χ2v) is 6.71. The number of carbonyl (C=O) groups excluding carboxylic acids is 1. The number of hydrogen-bond acceptors (Lipinski definition) is 7. The first kappa shape index (κ1) is 18.2. The van der Waals surface area contributed by atoms with E-state index in [9.17, 15) is 9.59 Å². The third kappa shape index (κ3) is 3.74. The molecule has 3 heterocycles. The highest BCUT2D eigenvalue weighted by molar-refractivity contribution is 6.30. The second kappa shape index (κ2) is 7.81. The van der Waals surface area contributed by atoms with Crippen molar-refractivity contribution in [1.29, 1.82) is 0 Å². The minimum Gasteiger partial charge on any atom is -0.368 e. The van der Waals surface area contributed by atoms with Crippen LogP contribution in [0.15, 0.2) is 52.0 Å². The van der Waals surface area contributed by atoms with Crippen molar-refractivity contribution in [3.8, 4) is 11.6 Å². The standard InChI is InChI=1S/C18H17ClN6O3/c19-13-3-1-4-14(11-13)23-7-9-24(10-8-23)15(26)12-25-17(22-28-18(25)27)16-20-5-2-6-21-16/h1-6,11H,7-10,12H2. The molecule has 1 amide bonds. The van der Waals surface area contributed by atoms with Crippen molar-refractivity contribution < 1.29 is 9.32 Å². The Morgan fingerprint density at radius 1 is 1.11 bits per heavy atom. The Morgan fingerprint density at radius 3 is 2.57 bits per heavy atom. The molecule has 10 heteroatoms. The van der Waals surface area contributed by atoms with Gasteiger partial charge in [-0.25, -0.2) is 19.3 Å². The lowest BCUT2D eigenvalue weighted by molar-refractivity contribution is -0.132. The van der Waals surface area contributed by atoms with Gasteiger partial charge in [0.05, 0.1) is 0 Å². The fourth-order valence-electron chi connectivity index (χ4n) is 3.10. The first-order chi connectivity index (χ1) is 13.6. The Balaban J connectivity index is 1.43. The SMILES string of the molecule is O=C(Cn1c(-c2ncccn2)noc1=O)N1CCN(c2cccc(Cl)c2)CC1. The summed E-state index contributed by atoms with van der Waals surface area (Å²) in [6, 6.07) is 9.28. The lowest BCUT2D eigenvalue weighted by Crippen LogP contribution is -2.50. The molecule has 3 aromatic rings. The smallest absolute Gasteiger partial charge is 0.368 e. The van der Waals surface area contributed by atoms with Crippen LogP contribution in [0.1, 0.15) is 0 Å². The Hall–Kier alpha value is -3.20. The van der Waals surface area contributed by atoms with Gasteiger partial charge < -0.3 is 9.80 Å². The average Bonchev–Trinajstić information content (AvgIpc) is 3.09. The number of hydrogen-bond donors (Lipinski definition) is 0. The highest BCUT2D eigenvalue weighted by atomic mass is 35.5. The van der Waals surface area contributed by atoms with Crippen molar-refractivity contribution in [2.45, 2.75) is 6.54 Å². The van der Waals surface area contributed by atoms with Crippen molar-refractivity contribution in [2.24, 2.45) is 0 Å². The van der Waals surface area contributed by atoms with Gasteiger partial charge in [-0.15, -0.1) is 0 Å². The second-order valence-electron chi connectivity index (χ2n) is 6.28. The monoisotopic (exact) mass is 400 g/mol. The molecular formula is C18H17ClN6O3. The predicted octanol–water partition coefficient (Wildman–Crippen LogP) is 1.30. The number of anilines is 1. The van der Waals surface area contributed by atoms with Crippen LogP contribution in [-0.2, 0) is 11.3 Å². The summed E-state index contributed by atoms with van der Waals surface area (Å²) in [5.41, 5.74) is 1.03. The molecule has 0 unspecified atom stereocenters. The summed E-state index contributed by atoms with van der Waals surface area (Å²) in [6.07, 6.45) is 3.06. The molecular weight excluding hydrogens is 384 g/mol. The van der Waals surface area contributed by atoms with Crippen LogP contribution in [0, 0.1) is 0 Å². The molecule has 4 rings (SSSR count). The van der Waals surface area contributed by atoms with Gasteiger partial charge in [0.2, 0.25) is 11.7 Å². The quantitative estimate of drug-likeness (QED) is 0.651. The van der Waals surface area contributed by atoms with E-state index in [4.69, 9.17) is 16.1 Å². The zero-order valence-electron chi connectivity index (χ0n) is 14.9. The molecule has 28 heavy (non-hydrogen) atoms. The minimum absolute atomic E-state index is 0.136. The van der Waals surface area contributed by atoms with Crippen LogP contribution in [0.4, 0.5) is 5.69 Å². The third-order valence-corrected chi connectivity index (χ3v) is 4.79. The van der Waals surface area contributed by atoms with E-state index >= 15 is 0 Å². The van der Waals surface area contributed by atoms with E-state index in [1.165, 1.54) is 12.4 Å². The molecule has 0 radical (unpaired) electrons. The molecule has 0 saturated carbocycles. The summed E-state index contributed by atoms with van der Waals surface area (Å²) in [4.78, 5) is 36.7. The summed E-state index contributed by atoms with van der Waals surface area (Å²) in [6.45, 7) is 2.27. The Kier molecular flexibility index (Phi) is 5.07. The summed E-state index contributed by atoms with van der Waals surface area (Å²) in [5.74, 6) is -0.537. The van der Waals surface area contributed by atoms with E-state index in [1.807, 2.05) is 24.3 Å².